The van der Waals surface area contributed by atoms with Crippen LogP contribution in [-0.2, 0) is 13.5 Å². The Labute approximate surface area is 109 Å². The lowest BCUT2D eigenvalue weighted by Crippen LogP contribution is -2.21. The highest BCUT2D eigenvalue weighted by Crippen LogP contribution is 2.17. The van der Waals surface area contributed by atoms with Gasteiger partial charge in [-0.15, -0.1) is 10.2 Å². The van der Waals surface area contributed by atoms with Gasteiger partial charge in [0.15, 0.2) is 5.82 Å². The van der Waals surface area contributed by atoms with Crippen LogP contribution in [-0.4, -0.2) is 38.0 Å². The summed E-state index contributed by atoms with van der Waals surface area (Å²) in [7, 11) is 1.67. The van der Waals surface area contributed by atoms with Crippen molar-refractivity contribution in [1.29, 1.82) is 0 Å². The van der Waals surface area contributed by atoms with Gasteiger partial charge in [0.25, 0.3) is 0 Å². The molecule has 0 amide bonds. The van der Waals surface area contributed by atoms with Gasteiger partial charge >= 0.3 is 0 Å². The molecule has 0 radical (unpaired) electrons. The molecule has 0 aliphatic heterocycles. The fourth-order valence-corrected chi connectivity index (χ4v) is 1.60. The normalized spacial score (nSPS) is 12.4. The first kappa shape index (κ1) is 12.8. The van der Waals surface area contributed by atoms with Crippen molar-refractivity contribution >= 4 is 11.6 Å². The molecule has 1 aromatic carbocycles. The summed E-state index contributed by atoms with van der Waals surface area (Å²) >= 11 is 5.82. The quantitative estimate of drug-likeness (QED) is 0.870. The Balaban J connectivity index is 1.83. The minimum atomic E-state index is -0.687. The summed E-state index contributed by atoms with van der Waals surface area (Å²) in [4.78, 5) is 1.35. The van der Waals surface area contributed by atoms with E-state index in [1.54, 1.807) is 31.3 Å². The number of benzene rings is 1. The molecule has 1 unspecified atom stereocenters. The van der Waals surface area contributed by atoms with E-state index in [0.29, 0.717) is 23.0 Å². The van der Waals surface area contributed by atoms with E-state index in [-0.39, 0.29) is 6.61 Å². The molecular formula is C11H13ClN4O2. The van der Waals surface area contributed by atoms with E-state index in [2.05, 4.69) is 15.4 Å². The molecular weight excluding hydrogens is 256 g/mol. The second-order valence-electron chi connectivity index (χ2n) is 3.82. The van der Waals surface area contributed by atoms with E-state index < -0.39 is 6.10 Å². The molecule has 1 heterocycles. The van der Waals surface area contributed by atoms with Gasteiger partial charge < -0.3 is 9.84 Å². The number of hydrogen-bond donors (Lipinski definition) is 1. The Morgan fingerprint density at radius 1 is 1.50 bits per heavy atom. The Bertz CT molecular complexity index is 517. The molecule has 2 aromatic rings. The van der Waals surface area contributed by atoms with Gasteiger partial charge in [0.2, 0.25) is 0 Å². The molecule has 0 fully saturated rings. The van der Waals surface area contributed by atoms with Crippen LogP contribution in [0.5, 0.6) is 5.75 Å². The van der Waals surface area contributed by atoms with Gasteiger partial charge in [0.05, 0.1) is 13.2 Å². The summed E-state index contributed by atoms with van der Waals surface area (Å²) in [5, 5.41) is 21.8. The van der Waals surface area contributed by atoms with Crippen LogP contribution in [0.25, 0.3) is 0 Å². The first-order valence-electron chi connectivity index (χ1n) is 5.43. The van der Waals surface area contributed by atoms with Crippen LogP contribution >= 0.6 is 11.6 Å². The highest BCUT2D eigenvalue weighted by atomic mass is 35.5. The SMILES string of the molecule is Cn1nnc(CC(O)COc2cccc(Cl)c2)n1. The minimum Gasteiger partial charge on any atom is -0.491 e. The predicted molar refractivity (Wildman–Crippen MR) is 65.5 cm³/mol. The summed E-state index contributed by atoms with van der Waals surface area (Å²) in [5.41, 5.74) is 0. The number of tetrazole rings is 1. The first-order valence-corrected chi connectivity index (χ1v) is 5.80. The van der Waals surface area contributed by atoms with Crippen LogP contribution in [0.1, 0.15) is 5.82 Å². The number of rotatable bonds is 5. The van der Waals surface area contributed by atoms with Crippen LogP contribution in [0.4, 0.5) is 0 Å². The van der Waals surface area contributed by atoms with Crippen molar-refractivity contribution in [2.24, 2.45) is 7.05 Å². The van der Waals surface area contributed by atoms with Crippen molar-refractivity contribution < 1.29 is 9.84 Å². The van der Waals surface area contributed by atoms with Crippen molar-refractivity contribution in [3.63, 3.8) is 0 Å². The van der Waals surface area contributed by atoms with Crippen molar-refractivity contribution in [1.82, 2.24) is 20.2 Å². The second-order valence-corrected chi connectivity index (χ2v) is 4.26. The number of hydrogen-bond acceptors (Lipinski definition) is 5. The zero-order chi connectivity index (χ0) is 13.0. The van der Waals surface area contributed by atoms with Crippen molar-refractivity contribution in [2.45, 2.75) is 12.5 Å². The number of halogens is 1. The summed E-state index contributed by atoms with van der Waals surface area (Å²) in [6.45, 7) is 0.151. The zero-order valence-corrected chi connectivity index (χ0v) is 10.6. The molecule has 18 heavy (non-hydrogen) atoms. The first-order chi connectivity index (χ1) is 8.63. The largest absolute Gasteiger partial charge is 0.491 e. The predicted octanol–water partition coefficient (Wildman–Crippen LogP) is 0.846. The number of nitrogens with zero attached hydrogens (tertiary/aromatic N) is 4. The van der Waals surface area contributed by atoms with Crippen LogP contribution in [0, 0.1) is 0 Å². The molecule has 1 N–H and O–H groups in total. The maximum atomic E-state index is 9.77. The fourth-order valence-electron chi connectivity index (χ4n) is 1.42. The standard InChI is InChI=1S/C11H13ClN4O2/c1-16-14-11(13-15-16)6-9(17)7-18-10-4-2-3-8(12)5-10/h2-5,9,17H,6-7H2,1H3. The lowest BCUT2D eigenvalue weighted by Gasteiger charge is -2.10. The van der Waals surface area contributed by atoms with E-state index in [1.165, 1.54) is 4.80 Å². The highest BCUT2D eigenvalue weighted by molar-refractivity contribution is 6.30. The summed E-state index contributed by atoms with van der Waals surface area (Å²) < 4.78 is 5.41. The Morgan fingerprint density at radius 2 is 2.33 bits per heavy atom. The molecule has 7 heteroatoms. The maximum absolute atomic E-state index is 9.77. The van der Waals surface area contributed by atoms with Gasteiger partial charge in [-0.25, -0.2) is 0 Å². The molecule has 2 rings (SSSR count). The van der Waals surface area contributed by atoms with Crippen LogP contribution in [0.2, 0.25) is 5.02 Å². The number of aliphatic hydroxyl groups is 1. The van der Waals surface area contributed by atoms with Crippen LogP contribution < -0.4 is 4.74 Å². The van der Waals surface area contributed by atoms with Gasteiger partial charge in [-0.05, 0) is 23.4 Å². The smallest absolute Gasteiger partial charge is 0.177 e. The van der Waals surface area contributed by atoms with E-state index >= 15 is 0 Å². The Morgan fingerprint density at radius 3 is 3.00 bits per heavy atom. The fraction of sp³-hybridized carbons (Fsp3) is 0.364. The van der Waals surface area contributed by atoms with Gasteiger partial charge in [0, 0.05) is 11.4 Å². The Hall–Kier alpha value is -1.66. The van der Waals surface area contributed by atoms with E-state index in [9.17, 15) is 5.11 Å². The molecule has 1 atom stereocenters. The lowest BCUT2D eigenvalue weighted by atomic mass is 10.2. The molecule has 96 valence electrons. The summed E-state index contributed by atoms with van der Waals surface area (Å²) in [5.74, 6) is 1.10. The second kappa shape index (κ2) is 5.79. The van der Waals surface area contributed by atoms with Crippen molar-refractivity contribution in [3.8, 4) is 5.75 Å². The summed E-state index contributed by atoms with van der Waals surface area (Å²) in [6.07, 6.45) is -0.387. The molecule has 0 bridgehead atoms. The highest BCUT2D eigenvalue weighted by Gasteiger charge is 2.10. The van der Waals surface area contributed by atoms with Crippen molar-refractivity contribution in [3.05, 3.63) is 35.1 Å². The average Bonchev–Trinajstić information content (AvgIpc) is 2.72. The molecule has 0 spiro atoms. The third kappa shape index (κ3) is 3.68. The molecule has 6 nitrogen and oxygen atoms in total. The van der Waals surface area contributed by atoms with Crippen LogP contribution in [0.3, 0.4) is 0 Å². The molecule has 0 aliphatic carbocycles. The molecule has 0 saturated carbocycles. The van der Waals surface area contributed by atoms with E-state index in [1.807, 2.05) is 0 Å². The van der Waals surface area contributed by atoms with Gasteiger partial charge in [0.1, 0.15) is 12.4 Å². The molecule has 0 saturated heterocycles. The zero-order valence-electron chi connectivity index (χ0n) is 9.82. The third-order valence-corrected chi connectivity index (χ3v) is 2.44. The molecule has 1 aromatic heterocycles. The minimum absolute atomic E-state index is 0.151. The van der Waals surface area contributed by atoms with Crippen LogP contribution in [0.15, 0.2) is 24.3 Å². The number of ether oxygens (including phenoxy) is 1. The maximum Gasteiger partial charge on any atom is 0.177 e. The topological polar surface area (TPSA) is 73.1 Å². The monoisotopic (exact) mass is 268 g/mol. The van der Waals surface area contributed by atoms with Gasteiger partial charge in [-0.3, -0.25) is 0 Å². The number of aliphatic hydroxyl groups excluding tert-OH is 1. The van der Waals surface area contributed by atoms with E-state index in [0.717, 1.165) is 0 Å². The summed E-state index contributed by atoms with van der Waals surface area (Å²) in [6, 6.07) is 7.01. The Kier molecular flexibility index (Phi) is 4.11. The number of aryl methyl sites for hydroxylation is 1. The van der Waals surface area contributed by atoms with E-state index in [4.69, 9.17) is 16.3 Å². The van der Waals surface area contributed by atoms with Gasteiger partial charge in [-0.2, -0.15) is 4.80 Å². The number of aromatic nitrogens is 4. The van der Waals surface area contributed by atoms with Crippen molar-refractivity contribution in [2.75, 3.05) is 6.61 Å². The average molecular weight is 269 g/mol. The molecule has 0 aliphatic rings. The third-order valence-electron chi connectivity index (χ3n) is 2.21. The van der Waals surface area contributed by atoms with Gasteiger partial charge in [-0.1, -0.05) is 17.7 Å². The lowest BCUT2D eigenvalue weighted by molar-refractivity contribution is 0.106.